The van der Waals surface area contributed by atoms with E-state index in [-0.39, 0.29) is 12.1 Å². The standard InChI is InChI=1S/C13H22N2O4/c1-14(11-4-7-19-8-5-11)13(18)15-6-2-3-10(9-15)12(16)17/h10-11H,2-9H2,1H3,(H,16,17)/t10-/m1/s1. The van der Waals surface area contributed by atoms with Crippen LogP contribution in [0.5, 0.6) is 0 Å². The van der Waals surface area contributed by atoms with Crippen LogP contribution in [0.25, 0.3) is 0 Å². The van der Waals surface area contributed by atoms with Gasteiger partial charge in [0.25, 0.3) is 0 Å². The molecule has 0 bridgehead atoms. The van der Waals surface area contributed by atoms with E-state index in [9.17, 15) is 9.59 Å². The Hall–Kier alpha value is -1.30. The Morgan fingerprint density at radius 2 is 1.95 bits per heavy atom. The third-order valence-electron chi connectivity index (χ3n) is 4.08. The van der Waals surface area contributed by atoms with Gasteiger partial charge in [-0.2, -0.15) is 0 Å². The molecular formula is C13H22N2O4. The maximum absolute atomic E-state index is 12.4. The van der Waals surface area contributed by atoms with Gasteiger partial charge in [-0.3, -0.25) is 4.79 Å². The minimum absolute atomic E-state index is 0.0437. The number of piperidine rings is 1. The number of carbonyl (C=O) groups excluding carboxylic acids is 1. The first-order chi connectivity index (χ1) is 9.09. The summed E-state index contributed by atoms with van der Waals surface area (Å²) in [5, 5.41) is 9.06. The summed E-state index contributed by atoms with van der Waals surface area (Å²) in [5.74, 6) is -1.22. The highest BCUT2D eigenvalue weighted by Crippen LogP contribution is 2.20. The maximum atomic E-state index is 12.4. The van der Waals surface area contributed by atoms with Crippen LogP contribution in [0, 0.1) is 5.92 Å². The van der Waals surface area contributed by atoms with E-state index in [1.54, 1.807) is 9.80 Å². The molecule has 0 aromatic heterocycles. The summed E-state index contributed by atoms with van der Waals surface area (Å²) in [5.41, 5.74) is 0. The van der Waals surface area contributed by atoms with Gasteiger partial charge in [0.05, 0.1) is 5.92 Å². The molecule has 0 radical (unpaired) electrons. The van der Waals surface area contributed by atoms with Crippen molar-refractivity contribution in [3.63, 3.8) is 0 Å². The smallest absolute Gasteiger partial charge is 0.320 e. The van der Waals surface area contributed by atoms with Crippen LogP contribution in [0.15, 0.2) is 0 Å². The van der Waals surface area contributed by atoms with Crippen molar-refractivity contribution in [1.82, 2.24) is 9.80 Å². The highest BCUT2D eigenvalue weighted by Gasteiger charge is 2.31. The number of aliphatic carboxylic acids is 1. The molecule has 2 aliphatic rings. The number of hydrogen-bond acceptors (Lipinski definition) is 3. The first kappa shape index (κ1) is 14.1. The Morgan fingerprint density at radius 1 is 1.26 bits per heavy atom. The molecule has 0 aromatic rings. The SMILES string of the molecule is CN(C(=O)N1CCC[C@@H](C(=O)O)C1)C1CCOCC1. The van der Waals surface area contributed by atoms with Crippen LogP contribution in [0.2, 0.25) is 0 Å². The van der Waals surface area contributed by atoms with E-state index in [0.29, 0.717) is 32.7 Å². The van der Waals surface area contributed by atoms with Crippen LogP contribution in [0.4, 0.5) is 4.79 Å². The van der Waals surface area contributed by atoms with Gasteiger partial charge in [0.15, 0.2) is 0 Å². The number of nitrogens with zero attached hydrogens (tertiary/aromatic N) is 2. The highest BCUT2D eigenvalue weighted by atomic mass is 16.5. The van der Waals surface area contributed by atoms with Gasteiger partial charge >= 0.3 is 12.0 Å². The lowest BCUT2D eigenvalue weighted by molar-refractivity contribution is -0.143. The second-order valence-corrected chi connectivity index (χ2v) is 5.36. The van der Waals surface area contributed by atoms with E-state index >= 15 is 0 Å². The zero-order valence-electron chi connectivity index (χ0n) is 11.4. The number of ether oxygens (including phenoxy) is 1. The van der Waals surface area contributed by atoms with Crippen LogP contribution < -0.4 is 0 Å². The molecule has 2 saturated heterocycles. The van der Waals surface area contributed by atoms with Crippen molar-refractivity contribution in [2.24, 2.45) is 5.92 Å². The van der Waals surface area contributed by atoms with Crippen LogP contribution in [-0.4, -0.2) is 66.3 Å². The molecule has 2 rings (SSSR count). The molecule has 108 valence electrons. The minimum Gasteiger partial charge on any atom is -0.481 e. The first-order valence-electron chi connectivity index (χ1n) is 6.92. The van der Waals surface area contributed by atoms with Crippen molar-refractivity contribution in [1.29, 1.82) is 0 Å². The maximum Gasteiger partial charge on any atom is 0.320 e. The number of likely N-dealkylation sites (tertiary alicyclic amines) is 1. The number of amides is 2. The number of rotatable bonds is 2. The molecule has 0 spiro atoms. The third kappa shape index (κ3) is 3.37. The summed E-state index contributed by atoms with van der Waals surface area (Å²) >= 11 is 0. The predicted molar refractivity (Wildman–Crippen MR) is 68.9 cm³/mol. The van der Waals surface area contributed by atoms with E-state index in [2.05, 4.69) is 0 Å². The largest absolute Gasteiger partial charge is 0.481 e. The highest BCUT2D eigenvalue weighted by molar-refractivity contribution is 5.76. The fourth-order valence-corrected chi connectivity index (χ4v) is 2.80. The van der Waals surface area contributed by atoms with Crippen molar-refractivity contribution in [3.8, 4) is 0 Å². The van der Waals surface area contributed by atoms with E-state index in [0.717, 1.165) is 19.3 Å². The predicted octanol–water partition coefficient (Wildman–Crippen LogP) is 1.01. The molecule has 19 heavy (non-hydrogen) atoms. The van der Waals surface area contributed by atoms with E-state index in [1.807, 2.05) is 7.05 Å². The molecule has 2 aliphatic heterocycles. The minimum atomic E-state index is -0.800. The third-order valence-corrected chi connectivity index (χ3v) is 4.08. The average Bonchev–Trinajstić information content (AvgIpc) is 2.46. The fourth-order valence-electron chi connectivity index (χ4n) is 2.80. The quantitative estimate of drug-likeness (QED) is 0.813. The van der Waals surface area contributed by atoms with Crippen molar-refractivity contribution >= 4 is 12.0 Å². The Bertz CT molecular complexity index is 342. The molecule has 2 heterocycles. The summed E-state index contributed by atoms with van der Waals surface area (Å²) in [4.78, 5) is 26.8. The topological polar surface area (TPSA) is 70.1 Å². The van der Waals surface area contributed by atoms with Gasteiger partial charge in [-0.05, 0) is 25.7 Å². The molecule has 2 amide bonds. The van der Waals surface area contributed by atoms with Crippen molar-refractivity contribution < 1.29 is 19.4 Å². The van der Waals surface area contributed by atoms with Crippen molar-refractivity contribution in [2.45, 2.75) is 31.7 Å². The average molecular weight is 270 g/mol. The second-order valence-electron chi connectivity index (χ2n) is 5.36. The van der Waals surface area contributed by atoms with Crippen molar-refractivity contribution in [3.05, 3.63) is 0 Å². The monoisotopic (exact) mass is 270 g/mol. The van der Waals surface area contributed by atoms with E-state index in [4.69, 9.17) is 9.84 Å². The lowest BCUT2D eigenvalue weighted by Crippen LogP contribution is -2.51. The molecule has 0 aromatic carbocycles. The molecule has 2 fully saturated rings. The van der Waals surface area contributed by atoms with Crippen LogP contribution in [0.1, 0.15) is 25.7 Å². The van der Waals surface area contributed by atoms with Crippen molar-refractivity contribution in [2.75, 3.05) is 33.4 Å². The van der Waals surface area contributed by atoms with Gasteiger partial charge in [-0.1, -0.05) is 0 Å². The zero-order valence-corrected chi connectivity index (χ0v) is 11.4. The number of urea groups is 1. The number of carboxylic acid groups (broad SMARTS) is 1. The summed E-state index contributed by atoms with van der Waals surface area (Å²) in [7, 11) is 1.81. The summed E-state index contributed by atoms with van der Waals surface area (Å²) in [6, 6.07) is 0.171. The summed E-state index contributed by atoms with van der Waals surface area (Å²) in [6.07, 6.45) is 3.15. The van der Waals surface area contributed by atoms with E-state index < -0.39 is 11.9 Å². The van der Waals surface area contributed by atoms with Gasteiger partial charge in [-0.25, -0.2) is 4.79 Å². The number of carboxylic acids is 1. The first-order valence-corrected chi connectivity index (χ1v) is 6.92. The molecule has 6 nitrogen and oxygen atoms in total. The van der Waals surface area contributed by atoms with E-state index in [1.165, 1.54) is 0 Å². The molecule has 6 heteroatoms. The van der Waals surface area contributed by atoms with Gasteiger partial charge in [0.1, 0.15) is 0 Å². The Balaban J connectivity index is 1.92. The number of carbonyl (C=O) groups is 2. The van der Waals surface area contributed by atoms with Gasteiger partial charge in [-0.15, -0.1) is 0 Å². The molecule has 0 aliphatic carbocycles. The molecule has 1 N–H and O–H groups in total. The summed E-state index contributed by atoms with van der Waals surface area (Å²) < 4.78 is 5.29. The Kier molecular flexibility index (Phi) is 4.63. The van der Waals surface area contributed by atoms with Crippen LogP contribution >= 0.6 is 0 Å². The van der Waals surface area contributed by atoms with Gasteiger partial charge in [0.2, 0.25) is 0 Å². The molecule has 0 unspecified atom stereocenters. The molecule has 1 atom stereocenters. The lowest BCUT2D eigenvalue weighted by Gasteiger charge is -2.38. The Morgan fingerprint density at radius 3 is 2.58 bits per heavy atom. The van der Waals surface area contributed by atoms with Crippen LogP contribution in [0.3, 0.4) is 0 Å². The lowest BCUT2D eigenvalue weighted by atomic mass is 9.98. The summed E-state index contributed by atoms with van der Waals surface area (Å²) in [6.45, 7) is 2.39. The normalized spacial score (nSPS) is 25.1. The molecular weight excluding hydrogens is 248 g/mol. The number of hydrogen-bond donors (Lipinski definition) is 1. The Labute approximate surface area is 113 Å². The fraction of sp³-hybridized carbons (Fsp3) is 0.846. The van der Waals surface area contributed by atoms with Crippen LogP contribution in [-0.2, 0) is 9.53 Å². The zero-order chi connectivity index (χ0) is 13.8. The van der Waals surface area contributed by atoms with Gasteiger partial charge < -0.3 is 19.6 Å². The van der Waals surface area contributed by atoms with Gasteiger partial charge in [0, 0.05) is 39.4 Å². The molecule has 0 saturated carbocycles. The second kappa shape index (κ2) is 6.23.